The second kappa shape index (κ2) is 3.42. The summed E-state index contributed by atoms with van der Waals surface area (Å²) in [5.41, 5.74) is 2.21. The van der Waals surface area contributed by atoms with Crippen LogP contribution in [0.3, 0.4) is 0 Å². The fourth-order valence-corrected chi connectivity index (χ4v) is 1.51. The molecule has 1 heterocycles. The van der Waals surface area contributed by atoms with Crippen molar-refractivity contribution in [2.24, 2.45) is 0 Å². The van der Waals surface area contributed by atoms with Gasteiger partial charge in [-0.05, 0) is 12.5 Å². The quantitative estimate of drug-likeness (QED) is 0.527. The molecule has 0 radical (unpaired) electrons. The van der Waals surface area contributed by atoms with Gasteiger partial charge in [0.05, 0.1) is 7.11 Å². The van der Waals surface area contributed by atoms with Gasteiger partial charge in [-0.15, -0.1) is 0 Å². The Balaban J connectivity index is 2.09. The Kier molecular flexibility index (Phi) is 2.25. The minimum Gasteiger partial charge on any atom is -0.467 e. The predicted octanol–water partition coefficient (Wildman–Crippen LogP) is 1.61. The Morgan fingerprint density at radius 2 is 2.29 bits per heavy atom. The largest absolute Gasteiger partial charge is 0.467 e. The average Bonchev–Trinajstić information content (AvgIpc) is 2.96. The van der Waals surface area contributed by atoms with E-state index in [0.717, 1.165) is 5.56 Å². The summed E-state index contributed by atoms with van der Waals surface area (Å²) in [6, 6.07) is 7.95. The molecule has 2 atom stereocenters. The molecule has 0 spiro atoms. The lowest BCUT2D eigenvalue weighted by atomic mass is 10.1. The Morgan fingerprint density at radius 3 is 2.93 bits per heavy atom. The topological polar surface area (TPSA) is 38.8 Å². The minimum absolute atomic E-state index is 0.109. The van der Waals surface area contributed by atoms with Crippen LogP contribution in [-0.4, -0.2) is 19.2 Å². The van der Waals surface area contributed by atoms with Gasteiger partial charge in [0.15, 0.2) is 6.10 Å². The molecule has 1 aliphatic rings. The molecular weight excluding hydrogens is 180 g/mol. The zero-order valence-corrected chi connectivity index (χ0v) is 8.19. The third kappa shape index (κ3) is 1.63. The van der Waals surface area contributed by atoms with E-state index in [-0.39, 0.29) is 12.1 Å². The van der Waals surface area contributed by atoms with E-state index in [9.17, 15) is 4.79 Å². The van der Waals surface area contributed by atoms with Crippen molar-refractivity contribution in [2.75, 3.05) is 7.11 Å². The molecule has 1 aliphatic heterocycles. The highest BCUT2D eigenvalue weighted by molar-refractivity contribution is 5.78. The Hall–Kier alpha value is -1.35. The van der Waals surface area contributed by atoms with Crippen LogP contribution in [0.15, 0.2) is 24.3 Å². The van der Waals surface area contributed by atoms with Crippen molar-refractivity contribution in [1.29, 1.82) is 0 Å². The average molecular weight is 192 g/mol. The van der Waals surface area contributed by atoms with Crippen LogP contribution in [0.25, 0.3) is 0 Å². The number of hydrogen-bond donors (Lipinski definition) is 0. The second-order valence-electron chi connectivity index (χ2n) is 3.41. The number of ether oxygens (including phenoxy) is 2. The van der Waals surface area contributed by atoms with Crippen molar-refractivity contribution >= 4 is 5.97 Å². The van der Waals surface area contributed by atoms with E-state index in [0.29, 0.717) is 0 Å². The molecular formula is C11H12O3. The molecule has 2 rings (SSSR count). The highest BCUT2D eigenvalue weighted by Crippen LogP contribution is 2.39. The van der Waals surface area contributed by atoms with Crippen LogP contribution < -0.4 is 0 Å². The maximum atomic E-state index is 11.1. The number of rotatable bonds is 2. The molecule has 0 amide bonds. The van der Waals surface area contributed by atoms with E-state index in [2.05, 4.69) is 4.74 Å². The third-order valence-corrected chi connectivity index (χ3v) is 2.30. The fraction of sp³-hybridized carbons (Fsp3) is 0.364. The van der Waals surface area contributed by atoms with Crippen molar-refractivity contribution in [3.8, 4) is 0 Å². The first-order valence-corrected chi connectivity index (χ1v) is 4.52. The van der Waals surface area contributed by atoms with E-state index in [1.54, 1.807) is 0 Å². The van der Waals surface area contributed by atoms with Gasteiger partial charge >= 0.3 is 5.97 Å². The number of carbonyl (C=O) groups excluding carboxylic acids is 1. The van der Waals surface area contributed by atoms with Crippen molar-refractivity contribution in [1.82, 2.24) is 0 Å². The number of esters is 1. The molecule has 1 fully saturated rings. The first-order valence-electron chi connectivity index (χ1n) is 4.52. The van der Waals surface area contributed by atoms with Crippen molar-refractivity contribution in [2.45, 2.75) is 19.1 Å². The van der Waals surface area contributed by atoms with Gasteiger partial charge < -0.3 is 9.47 Å². The van der Waals surface area contributed by atoms with Crippen molar-refractivity contribution in [3.05, 3.63) is 35.4 Å². The molecule has 3 nitrogen and oxygen atoms in total. The van der Waals surface area contributed by atoms with Crippen LogP contribution >= 0.6 is 0 Å². The number of epoxide rings is 1. The van der Waals surface area contributed by atoms with Crippen LogP contribution in [0.4, 0.5) is 0 Å². The molecule has 1 aromatic carbocycles. The molecule has 0 N–H and O–H groups in total. The van der Waals surface area contributed by atoms with Gasteiger partial charge in [-0.1, -0.05) is 29.8 Å². The van der Waals surface area contributed by atoms with E-state index in [1.165, 1.54) is 12.7 Å². The zero-order chi connectivity index (χ0) is 10.1. The molecule has 0 bridgehead atoms. The highest BCUT2D eigenvalue weighted by Gasteiger charge is 2.47. The maximum absolute atomic E-state index is 11.1. The first-order chi connectivity index (χ1) is 6.72. The van der Waals surface area contributed by atoms with E-state index >= 15 is 0 Å². The van der Waals surface area contributed by atoms with Gasteiger partial charge in [-0.25, -0.2) is 4.79 Å². The van der Waals surface area contributed by atoms with E-state index in [1.807, 2.05) is 31.2 Å². The number of aryl methyl sites for hydroxylation is 1. The lowest BCUT2D eigenvalue weighted by molar-refractivity contribution is -0.142. The third-order valence-electron chi connectivity index (χ3n) is 2.30. The minimum atomic E-state index is -0.401. The molecule has 2 unspecified atom stereocenters. The molecule has 1 saturated heterocycles. The van der Waals surface area contributed by atoms with Crippen molar-refractivity contribution < 1.29 is 14.3 Å². The standard InChI is InChI=1S/C11H12O3/c1-7-4-3-5-8(6-7)9-10(14-9)11(12)13-2/h3-6,9-10H,1-2H3. The number of carbonyl (C=O) groups is 1. The molecule has 1 aromatic rings. The molecule has 0 saturated carbocycles. The van der Waals surface area contributed by atoms with Gasteiger partial charge in [-0.2, -0.15) is 0 Å². The van der Waals surface area contributed by atoms with Gasteiger partial charge in [-0.3, -0.25) is 0 Å². The molecule has 3 heteroatoms. The van der Waals surface area contributed by atoms with Crippen LogP contribution in [-0.2, 0) is 14.3 Å². The Bertz CT molecular complexity index is 359. The lowest BCUT2D eigenvalue weighted by Gasteiger charge is -1.97. The van der Waals surface area contributed by atoms with E-state index < -0.39 is 6.10 Å². The maximum Gasteiger partial charge on any atom is 0.338 e. The number of methoxy groups -OCH3 is 1. The SMILES string of the molecule is COC(=O)C1OC1c1cccc(C)c1. The highest BCUT2D eigenvalue weighted by atomic mass is 16.6. The molecule has 14 heavy (non-hydrogen) atoms. The molecule has 0 aliphatic carbocycles. The summed E-state index contributed by atoms with van der Waals surface area (Å²) in [5, 5.41) is 0. The van der Waals surface area contributed by atoms with Crippen LogP contribution in [0.2, 0.25) is 0 Å². The van der Waals surface area contributed by atoms with Crippen molar-refractivity contribution in [3.63, 3.8) is 0 Å². The summed E-state index contributed by atoms with van der Waals surface area (Å²) in [6.45, 7) is 2.01. The van der Waals surface area contributed by atoms with Crippen LogP contribution in [0.1, 0.15) is 17.2 Å². The second-order valence-corrected chi connectivity index (χ2v) is 3.41. The summed E-state index contributed by atoms with van der Waals surface area (Å²) in [6.07, 6.45) is -0.510. The Morgan fingerprint density at radius 1 is 1.50 bits per heavy atom. The summed E-state index contributed by atoms with van der Waals surface area (Å²) < 4.78 is 9.83. The summed E-state index contributed by atoms with van der Waals surface area (Å²) in [5.74, 6) is -0.295. The van der Waals surface area contributed by atoms with Crippen LogP contribution in [0, 0.1) is 6.92 Å². The fourth-order valence-electron chi connectivity index (χ4n) is 1.51. The molecule has 74 valence electrons. The first kappa shape index (κ1) is 9.21. The lowest BCUT2D eigenvalue weighted by Crippen LogP contribution is -2.09. The van der Waals surface area contributed by atoms with E-state index in [4.69, 9.17) is 4.74 Å². The van der Waals surface area contributed by atoms with Gasteiger partial charge in [0.25, 0.3) is 0 Å². The van der Waals surface area contributed by atoms with Gasteiger partial charge in [0.2, 0.25) is 0 Å². The monoisotopic (exact) mass is 192 g/mol. The molecule has 0 aromatic heterocycles. The summed E-state index contributed by atoms with van der Waals surface area (Å²) in [7, 11) is 1.37. The predicted molar refractivity (Wildman–Crippen MR) is 50.8 cm³/mol. The smallest absolute Gasteiger partial charge is 0.338 e. The Labute approximate surface area is 82.6 Å². The summed E-state index contributed by atoms with van der Waals surface area (Å²) >= 11 is 0. The van der Waals surface area contributed by atoms with Gasteiger partial charge in [0, 0.05) is 0 Å². The zero-order valence-electron chi connectivity index (χ0n) is 8.19. The van der Waals surface area contributed by atoms with Crippen LogP contribution in [0.5, 0.6) is 0 Å². The normalized spacial score (nSPS) is 24.4. The van der Waals surface area contributed by atoms with Gasteiger partial charge in [0.1, 0.15) is 6.10 Å². The number of benzene rings is 1. The summed E-state index contributed by atoms with van der Waals surface area (Å²) in [4.78, 5) is 11.1. The number of hydrogen-bond acceptors (Lipinski definition) is 3.